The van der Waals surface area contributed by atoms with Gasteiger partial charge in [-0.2, -0.15) is 0 Å². The monoisotopic (exact) mass is 317 g/mol. The molecule has 0 aromatic carbocycles. The van der Waals surface area contributed by atoms with Gasteiger partial charge >= 0.3 is 0 Å². The highest BCUT2D eigenvalue weighted by atomic mass is 35.5. The number of likely N-dealkylation sites (tertiary alicyclic amines) is 1. The normalized spacial score (nSPS) is 37.4. The van der Waals surface area contributed by atoms with Crippen molar-refractivity contribution in [2.24, 2.45) is 23.7 Å². The second kappa shape index (κ2) is 8.14. The van der Waals surface area contributed by atoms with Crippen molar-refractivity contribution in [2.45, 2.75) is 51.6 Å². The molecule has 0 spiro atoms. The lowest BCUT2D eigenvalue weighted by molar-refractivity contribution is -0.00689. The molecule has 2 bridgehead atoms. The summed E-state index contributed by atoms with van der Waals surface area (Å²) in [5, 5.41) is 10.1. The molecule has 0 aromatic rings. The molecule has 3 rings (SSSR count). The quantitative estimate of drug-likeness (QED) is 0.817. The minimum Gasteiger partial charge on any atom is -0.389 e. The Labute approximate surface area is 135 Å². The molecule has 5 unspecified atom stereocenters. The van der Waals surface area contributed by atoms with Crippen LogP contribution in [-0.2, 0) is 4.74 Å². The zero-order valence-electron chi connectivity index (χ0n) is 13.4. The van der Waals surface area contributed by atoms with Crippen molar-refractivity contribution >= 4 is 12.4 Å². The number of β-amino-alcohol motifs (C(OH)–C–C–N with tert-alkyl or cyclic N) is 1. The summed E-state index contributed by atoms with van der Waals surface area (Å²) in [7, 11) is 0. The molecular weight excluding hydrogens is 286 g/mol. The smallest absolute Gasteiger partial charge is 0.0900 e. The topological polar surface area (TPSA) is 32.7 Å². The zero-order valence-corrected chi connectivity index (χ0v) is 14.2. The minimum atomic E-state index is -0.307. The third-order valence-corrected chi connectivity index (χ3v) is 5.74. The fraction of sp³-hybridized carbons (Fsp3) is 1.00. The SMILES string of the molecule is CC1CCCN(CC(O)COCC2CC3CCC2C3)C1.Cl. The maximum absolute atomic E-state index is 10.1. The van der Waals surface area contributed by atoms with E-state index in [0.29, 0.717) is 6.61 Å². The Bertz CT molecular complexity index is 315. The van der Waals surface area contributed by atoms with Gasteiger partial charge in [-0.15, -0.1) is 12.4 Å². The molecule has 2 saturated carbocycles. The van der Waals surface area contributed by atoms with Crippen LogP contribution in [0.4, 0.5) is 0 Å². The Hall–Kier alpha value is 0.170. The molecule has 1 N–H and O–H groups in total. The van der Waals surface area contributed by atoms with Gasteiger partial charge in [0.05, 0.1) is 12.7 Å². The Kier molecular flexibility index (Phi) is 6.79. The molecule has 1 saturated heterocycles. The van der Waals surface area contributed by atoms with Crippen LogP contribution in [0.15, 0.2) is 0 Å². The van der Waals surface area contributed by atoms with Gasteiger partial charge < -0.3 is 14.7 Å². The number of nitrogens with zero attached hydrogens (tertiary/aromatic N) is 1. The lowest BCUT2D eigenvalue weighted by Gasteiger charge is -2.32. The van der Waals surface area contributed by atoms with Gasteiger partial charge in [-0.25, -0.2) is 0 Å². The van der Waals surface area contributed by atoms with E-state index in [9.17, 15) is 5.11 Å². The van der Waals surface area contributed by atoms with E-state index in [2.05, 4.69) is 11.8 Å². The van der Waals surface area contributed by atoms with Crippen molar-refractivity contribution in [2.75, 3.05) is 32.8 Å². The average Bonchev–Trinajstić information content (AvgIpc) is 3.01. The Balaban J connectivity index is 0.00000161. The average molecular weight is 318 g/mol. The van der Waals surface area contributed by atoms with Crippen LogP contribution in [0.3, 0.4) is 0 Å². The summed E-state index contributed by atoms with van der Waals surface area (Å²) in [6.07, 6.45) is 8.02. The second-order valence-electron chi connectivity index (χ2n) is 7.63. The number of aliphatic hydroxyl groups is 1. The van der Waals surface area contributed by atoms with Crippen molar-refractivity contribution in [3.63, 3.8) is 0 Å². The Morgan fingerprint density at radius 3 is 2.76 bits per heavy atom. The Morgan fingerprint density at radius 2 is 2.10 bits per heavy atom. The largest absolute Gasteiger partial charge is 0.389 e. The van der Waals surface area contributed by atoms with Gasteiger partial charge in [-0.05, 0) is 62.3 Å². The van der Waals surface area contributed by atoms with E-state index >= 15 is 0 Å². The van der Waals surface area contributed by atoms with Crippen LogP contribution in [0.2, 0.25) is 0 Å². The minimum absolute atomic E-state index is 0. The van der Waals surface area contributed by atoms with Gasteiger partial charge in [-0.3, -0.25) is 0 Å². The first-order valence-electron chi connectivity index (χ1n) is 8.69. The molecular formula is C17H32ClNO2. The molecule has 3 aliphatic rings. The zero-order chi connectivity index (χ0) is 13.9. The highest BCUT2D eigenvalue weighted by molar-refractivity contribution is 5.85. The van der Waals surface area contributed by atoms with E-state index in [1.807, 2.05) is 0 Å². The highest BCUT2D eigenvalue weighted by Crippen LogP contribution is 2.48. The van der Waals surface area contributed by atoms with Crippen LogP contribution in [-0.4, -0.2) is 49.0 Å². The van der Waals surface area contributed by atoms with E-state index in [0.717, 1.165) is 49.9 Å². The van der Waals surface area contributed by atoms with Crippen LogP contribution in [0, 0.1) is 23.7 Å². The maximum atomic E-state index is 10.1. The molecule has 3 fully saturated rings. The van der Waals surface area contributed by atoms with Gasteiger partial charge in [0.2, 0.25) is 0 Å². The molecule has 1 heterocycles. The molecule has 0 radical (unpaired) electrons. The number of aliphatic hydroxyl groups excluding tert-OH is 1. The summed E-state index contributed by atoms with van der Waals surface area (Å²) < 4.78 is 5.82. The predicted molar refractivity (Wildman–Crippen MR) is 87.8 cm³/mol. The van der Waals surface area contributed by atoms with Gasteiger partial charge in [0.25, 0.3) is 0 Å². The summed E-state index contributed by atoms with van der Waals surface area (Å²) in [6, 6.07) is 0. The molecule has 21 heavy (non-hydrogen) atoms. The number of fused-ring (bicyclic) bond motifs is 2. The summed E-state index contributed by atoms with van der Waals surface area (Å²) in [6.45, 7) is 6.80. The number of halogens is 1. The molecule has 124 valence electrons. The van der Waals surface area contributed by atoms with E-state index in [-0.39, 0.29) is 18.5 Å². The number of hydrogen-bond acceptors (Lipinski definition) is 3. The molecule has 3 nitrogen and oxygen atoms in total. The van der Waals surface area contributed by atoms with Crippen LogP contribution in [0.5, 0.6) is 0 Å². The highest BCUT2D eigenvalue weighted by Gasteiger charge is 2.39. The molecule has 0 amide bonds. The number of piperidine rings is 1. The molecule has 5 atom stereocenters. The van der Waals surface area contributed by atoms with E-state index in [1.54, 1.807) is 0 Å². The molecule has 4 heteroatoms. The van der Waals surface area contributed by atoms with Gasteiger partial charge in [-0.1, -0.05) is 13.3 Å². The fourth-order valence-corrected chi connectivity index (χ4v) is 4.74. The first kappa shape index (κ1) is 17.5. The van der Waals surface area contributed by atoms with Crippen molar-refractivity contribution < 1.29 is 9.84 Å². The Morgan fingerprint density at radius 1 is 1.24 bits per heavy atom. The van der Waals surface area contributed by atoms with Crippen LogP contribution >= 0.6 is 12.4 Å². The second-order valence-corrected chi connectivity index (χ2v) is 7.63. The summed E-state index contributed by atoms with van der Waals surface area (Å²) in [5.41, 5.74) is 0. The van der Waals surface area contributed by atoms with Crippen LogP contribution < -0.4 is 0 Å². The first-order chi connectivity index (χ1) is 9.70. The first-order valence-corrected chi connectivity index (χ1v) is 8.69. The molecule has 0 aromatic heterocycles. The predicted octanol–water partition coefficient (Wildman–Crippen LogP) is 2.95. The molecule has 2 aliphatic carbocycles. The lowest BCUT2D eigenvalue weighted by Crippen LogP contribution is -2.41. The van der Waals surface area contributed by atoms with E-state index < -0.39 is 0 Å². The number of hydrogen-bond donors (Lipinski definition) is 1. The summed E-state index contributed by atoms with van der Waals surface area (Å²) in [5.74, 6) is 3.50. The third-order valence-electron chi connectivity index (χ3n) is 5.74. The van der Waals surface area contributed by atoms with Crippen molar-refractivity contribution in [3.05, 3.63) is 0 Å². The van der Waals surface area contributed by atoms with Gasteiger partial charge in [0.1, 0.15) is 0 Å². The fourth-order valence-electron chi connectivity index (χ4n) is 4.74. The van der Waals surface area contributed by atoms with Crippen molar-refractivity contribution in [1.29, 1.82) is 0 Å². The van der Waals surface area contributed by atoms with E-state index in [1.165, 1.54) is 38.5 Å². The van der Waals surface area contributed by atoms with E-state index in [4.69, 9.17) is 4.74 Å². The van der Waals surface area contributed by atoms with Crippen LogP contribution in [0.1, 0.15) is 45.4 Å². The van der Waals surface area contributed by atoms with Gasteiger partial charge in [0, 0.05) is 19.7 Å². The summed E-state index contributed by atoms with van der Waals surface area (Å²) >= 11 is 0. The number of rotatable bonds is 6. The van der Waals surface area contributed by atoms with Crippen molar-refractivity contribution in [3.8, 4) is 0 Å². The lowest BCUT2D eigenvalue weighted by atomic mass is 9.90. The summed E-state index contributed by atoms with van der Waals surface area (Å²) in [4.78, 5) is 2.40. The third kappa shape index (κ3) is 4.82. The molecule has 1 aliphatic heterocycles. The number of ether oxygens (including phenoxy) is 1. The van der Waals surface area contributed by atoms with Gasteiger partial charge in [0.15, 0.2) is 0 Å². The standard InChI is InChI=1S/C17H31NO2.ClH/c1-13-3-2-6-18(9-13)10-17(19)12-20-11-16-8-14-4-5-15(16)7-14;/h13-17,19H,2-12H2,1H3;1H. The maximum Gasteiger partial charge on any atom is 0.0900 e. The van der Waals surface area contributed by atoms with Crippen LogP contribution in [0.25, 0.3) is 0 Å². The van der Waals surface area contributed by atoms with Crippen molar-refractivity contribution in [1.82, 2.24) is 4.90 Å².